The van der Waals surface area contributed by atoms with E-state index in [4.69, 9.17) is 0 Å². The van der Waals surface area contributed by atoms with Crippen LogP contribution in [0.2, 0.25) is 0 Å². The number of urea groups is 1. The average Bonchev–Trinajstić information content (AvgIpc) is 2.89. The summed E-state index contributed by atoms with van der Waals surface area (Å²) < 4.78 is 39.1. The molecule has 0 aromatic heterocycles. The van der Waals surface area contributed by atoms with Gasteiger partial charge in [0.1, 0.15) is 0 Å². The molecule has 108 valence electrons. The summed E-state index contributed by atoms with van der Waals surface area (Å²) in [6, 6.07) is 2.95. The highest BCUT2D eigenvalue weighted by Gasteiger charge is 2.39. The maximum Gasteiger partial charge on any atom is 0.418 e. The van der Waals surface area contributed by atoms with Crippen LogP contribution in [0, 0.1) is 0 Å². The molecule has 3 N–H and O–H groups in total. The molecule has 1 aromatic carbocycles. The summed E-state index contributed by atoms with van der Waals surface area (Å²) in [5.74, 6) is 0. The second-order valence-corrected chi connectivity index (χ2v) is 5.05. The van der Waals surface area contributed by atoms with Crippen molar-refractivity contribution in [1.82, 2.24) is 10.6 Å². The van der Waals surface area contributed by atoms with Crippen molar-refractivity contribution in [2.24, 2.45) is 0 Å². The molecule has 2 unspecified atom stereocenters. The molecular weight excluding hydrogens is 271 g/mol. The number of anilines is 1. The van der Waals surface area contributed by atoms with Crippen LogP contribution in [0.15, 0.2) is 18.2 Å². The van der Waals surface area contributed by atoms with E-state index in [9.17, 15) is 18.0 Å². The highest BCUT2D eigenvalue weighted by Crippen LogP contribution is 2.41. The number of amides is 2. The number of alkyl halides is 3. The van der Waals surface area contributed by atoms with Gasteiger partial charge in [0.25, 0.3) is 0 Å². The number of hydrogen-bond acceptors (Lipinski definition) is 2. The quantitative estimate of drug-likeness (QED) is 0.743. The molecular formula is C13H14F3N3O. The number of rotatable bonds is 1. The van der Waals surface area contributed by atoms with E-state index >= 15 is 0 Å². The minimum atomic E-state index is -4.48. The van der Waals surface area contributed by atoms with E-state index < -0.39 is 23.8 Å². The molecule has 0 aliphatic carbocycles. The molecule has 1 saturated heterocycles. The number of hydrogen-bond donors (Lipinski definition) is 3. The summed E-state index contributed by atoms with van der Waals surface area (Å²) in [5, 5.41) is 8.23. The zero-order valence-electron chi connectivity index (χ0n) is 10.6. The second-order valence-electron chi connectivity index (χ2n) is 5.05. The highest BCUT2D eigenvalue weighted by atomic mass is 19.4. The molecule has 1 aromatic rings. The minimum Gasteiger partial charge on any atom is -0.329 e. The lowest BCUT2D eigenvalue weighted by atomic mass is 9.92. The Morgan fingerprint density at radius 2 is 2.05 bits per heavy atom. The van der Waals surface area contributed by atoms with Crippen molar-refractivity contribution in [3.8, 4) is 0 Å². The Hall–Kier alpha value is -1.76. The molecule has 2 amide bonds. The Morgan fingerprint density at radius 3 is 2.70 bits per heavy atom. The van der Waals surface area contributed by atoms with E-state index in [1.807, 2.05) is 0 Å². The largest absolute Gasteiger partial charge is 0.418 e. The van der Waals surface area contributed by atoms with Crippen LogP contribution in [-0.4, -0.2) is 18.6 Å². The number of nitrogens with one attached hydrogen (secondary N) is 3. The van der Waals surface area contributed by atoms with Crippen LogP contribution in [-0.2, 0) is 6.18 Å². The number of fused-ring (bicyclic) bond motifs is 1. The first kappa shape index (κ1) is 13.2. The number of carbonyl (C=O) groups excluding carboxylic acids is 1. The van der Waals surface area contributed by atoms with Gasteiger partial charge in [-0.1, -0.05) is 12.1 Å². The van der Waals surface area contributed by atoms with Gasteiger partial charge in [0, 0.05) is 11.6 Å². The molecule has 0 radical (unpaired) electrons. The Bertz CT molecular complexity index is 538. The third-order valence-electron chi connectivity index (χ3n) is 3.76. The normalized spacial score (nSPS) is 25.9. The van der Waals surface area contributed by atoms with E-state index in [0.29, 0.717) is 5.56 Å². The lowest BCUT2D eigenvalue weighted by Crippen LogP contribution is -2.46. The molecule has 0 saturated carbocycles. The number of carbonyl (C=O) groups is 1. The van der Waals surface area contributed by atoms with Crippen LogP contribution in [0.4, 0.5) is 23.7 Å². The Kier molecular flexibility index (Phi) is 3.08. The predicted molar refractivity (Wildman–Crippen MR) is 67.4 cm³/mol. The summed E-state index contributed by atoms with van der Waals surface area (Å²) in [6.45, 7) is 0.818. The van der Waals surface area contributed by atoms with Gasteiger partial charge in [0.05, 0.1) is 17.3 Å². The fourth-order valence-corrected chi connectivity index (χ4v) is 2.89. The molecule has 2 heterocycles. The third kappa shape index (κ3) is 2.22. The third-order valence-corrected chi connectivity index (χ3v) is 3.76. The molecule has 4 nitrogen and oxygen atoms in total. The fraction of sp³-hybridized carbons (Fsp3) is 0.462. The second kappa shape index (κ2) is 4.66. The van der Waals surface area contributed by atoms with Crippen molar-refractivity contribution in [2.75, 3.05) is 11.9 Å². The fourth-order valence-electron chi connectivity index (χ4n) is 2.89. The first-order chi connectivity index (χ1) is 9.47. The van der Waals surface area contributed by atoms with Crippen molar-refractivity contribution in [3.05, 3.63) is 29.3 Å². The lowest BCUT2D eigenvalue weighted by Gasteiger charge is -2.33. The maximum atomic E-state index is 13.0. The Labute approximate surface area is 113 Å². The van der Waals surface area contributed by atoms with Crippen LogP contribution in [0.1, 0.15) is 30.0 Å². The van der Waals surface area contributed by atoms with Gasteiger partial charge in [-0.2, -0.15) is 13.2 Å². The van der Waals surface area contributed by atoms with Crippen LogP contribution < -0.4 is 16.0 Å². The standard InChI is InChI=1S/C13H14F3N3O/c14-13(15,16)8-4-1-3-7-10(8)18-12(20)19-11(7)9-5-2-6-17-9/h1,3-4,9,11,17H,2,5-6H2,(H2,18,19,20). The van der Waals surface area contributed by atoms with Gasteiger partial charge in [0.15, 0.2) is 0 Å². The molecule has 2 aliphatic heterocycles. The highest BCUT2D eigenvalue weighted by molar-refractivity contribution is 5.94. The zero-order valence-corrected chi connectivity index (χ0v) is 10.6. The van der Waals surface area contributed by atoms with Gasteiger partial charge in [-0.3, -0.25) is 0 Å². The zero-order chi connectivity index (χ0) is 14.3. The summed E-state index contributed by atoms with van der Waals surface area (Å²) in [6.07, 6.45) is -2.69. The average molecular weight is 285 g/mol. The van der Waals surface area contributed by atoms with Crippen molar-refractivity contribution < 1.29 is 18.0 Å². The van der Waals surface area contributed by atoms with Gasteiger partial charge in [-0.05, 0) is 25.5 Å². The lowest BCUT2D eigenvalue weighted by molar-refractivity contribution is -0.137. The van der Waals surface area contributed by atoms with Gasteiger partial charge < -0.3 is 16.0 Å². The molecule has 1 fully saturated rings. The van der Waals surface area contributed by atoms with Crippen molar-refractivity contribution in [1.29, 1.82) is 0 Å². The predicted octanol–water partition coefficient (Wildman–Crippen LogP) is 2.63. The van der Waals surface area contributed by atoms with Gasteiger partial charge >= 0.3 is 12.2 Å². The first-order valence-electron chi connectivity index (χ1n) is 6.48. The molecule has 2 aliphatic rings. The van der Waals surface area contributed by atoms with Crippen LogP contribution in [0.3, 0.4) is 0 Å². The minimum absolute atomic E-state index is 0.0247. The van der Waals surface area contributed by atoms with Crippen LogP contribution in [0.25, 0.3) is 0 Å². The van der Waals surface area contributed by atoms with E-state index in [2.05, 4.69) is 16.0 Å². The molecule has 20 heavy (non-hydrogen) atoms. The van der Waals surface area contributed by atoms with E-state index in [0.717, 1.165) is 25.5 Å². The molecule has 0 bridgehead atoms. The van der Waals surface area contributed by atoms with Crippen molar-refractivity contribution in [2.45, 2.75) is 31.1 Å². The maximum absolute atomic E-state index is 13.0. The number of para-hydroxylation sites is 1. The van der Waals surface area contributed by atoms with Gasteiger partial charge in [0.2, 0.25) is 0 Å². The molecule has 7 heteroatoms. The SMILES string of the molecule is O=C1Nc2c(cccc2C(F)(F)F)C(C2CCCN2)N1. The van der Waals surface area contributed by atoms with E-state index in [1.165, 1.54) is 6.07 Å². The van der Waals surface area contributed by atoms with Gasteiger partial charge in [-0.25, -0.2) is 4.79 Å². The van der Waals surface area contributed by atoms with Gasteiger partial charge in [-0.15, -0.1) is 0 Å². The van der Waals surface area contributed by atoms with E-state index in [1.54, 1.807) is 6.07 Å². The Morgan fingerprint density at radius 1 is 1.25 bits per heavy atom. The monoisotopic (exact) mass is 285 g/mol. The van der Waals surface area contributed by atoms with Crippen LogP contribution >= 0.6 is 0 Å². The summed E-state index contributed by atoms with van der Waals surface area (Å²) in [7, 11) is 0. The Balaban J connectivity index is 2.06. The molecule has 3 rings (SSSR count). The summed E-state index contributed by atoms with van der Waals surface area (Å²) in [4.78, 5) is 11.7. The summed E-state index contributed by atoms with van der Waals surface area (Å²) >= 11 is 0. The molecule has 2 atom stereocenters. The number of halogens is 3. The molecule has 0 spiro atoms. The topological polar surface area (TPSA) is 53.2 Å². The van der Waals surface area contributed by atoms with Crippen molar-refractivity contribution >= 4 is 11.7 Å². The first-order valence-corrected chi connectivity index (χ1v) is 6.48. The van der Waals surface area contributed by atoms with E-state index in [-0.39, 0.29) is 11.7 Å². The number of benzene rings is 1. The van der Waals surface area contributed by atoms with Crippen molar-refractivity contribution in [3.63, 3.8) is 0 Å². The summed E-state index contributed by atoms with van der Waals surface area (Å²) in [5.41, 5.74) is -0.436. The van der Waals surface area contributed by atoms with Crippen LogP contribution in [0.5, 0.6) is 0 Å². The smallest absolute Gasteiger partial charge is 0.329 e.